The molecule has 2 unspecified atom stereocenters. The molecule has 107 heavy (non-hydrogen) atoms. The summed E-state index contributed by atoms with van der Waals surface area (Å²) in [6.07, 6.45) is -8.89. The number of rotatable bonds is 33. The highest BCUT2D eigenvalue weighted by Crippen LogP contribution is 2.65. The molecular formula is C65H80F5N13O20P2S2. The number of alkyl halides is 5. The van der Waals surface area contributed by atoms with E-state index in [-0.39, 0.29) is 71.2 Å². The first-order valence-corrected chi connectivity index (χ1v) is 39.8. The number of unbranched alkanes of at least 4 members (excludes halogenated alkanes) is 9. The first-order chi connectivity index (χ1) is 51.1. The van der Waals surface area contributed by atoms with Crippen molar-refractivity contribution in [2.24, 2.45) is 5.92 Å². The van der Waals surface area contributed by atoms with Gasteiger partial charge in [-0.05, 0) is 91.5 Å². The van der Waals surface area contributed by atoms with Gasteiger partial charge in [0.25, 0.3) is 5.56 Å². The molecule has 0 radical (unpaired) electrons. The molecule has 33 nitrogen and oxygen atoms in total. The molecule has 42 heteroatoms. The molecule has 0 spiro atoms. The van der Waals surface area contributed by atoms with Gasteiger partial charge in [-0.3, -0.25) is 61.1 Å². The van der Waals surface area contributed by atoms with E-state index < -0.39 is 153 Å². The van der Waals surface area contributed by atoms with E-state index in [1.807, 2.05) is 4.98 Å². The fourth-order valence-electron chi connectivity index (χ4n) is 11.8. The average Bonchev–Trinajstić information content (AvgIpc) is 1.61. The summed E-state index contributed by atoms with van der Waals surface area (Å²) >= 11 is 1.04. The number of anilines is 2. The number of alkyl carbamates (subject to hydrolysis) is 1. The number of ether oxygens (including phenoxy) is 5. The van der Waals surface area contributed by atoms with Crippen molar-refractivity contribution >= 4 is 95.1 Å². The Labute approximate surface area is 615 Å². The van der Waals surface area contributed by atoms with Gasteiger partial charge in [0.05, 0.1) is 49.2 Å². The van der Waals surface area contributed by atoms with Crippen LogP contribution in [0.5, 0.6) is 11.5 Å². The molecule has 0 saturated carbocycles. The summed E-state index contributed by atoms with van der Waals surface area (Å²) in [5, 5.41) is 10.0. The maximum atomic E-state index is 16.6. The van der Waals surface area contributed by atoms with Crippen LogP contribution in [0.15, 0.2) is 83.0 Å². The first-order valence-electron chi connectivity index (χ1n) is 34.3. The number of nitrogens with one attached hydrogen (secondary N) is 5. The number of phosphoric ester groups is 1. The molecule has 6 aromatic rings. The van der Waals surface area contributed by atoms with E-state index >= 15 is 8.78 Å². The minimum atomic E-state index is -5.29. The van der Waals surface area contributed by atoms with Crippen molar-refractivity contribution in [3.63, 3.8) is 0 Å². The number of hydrogen-bond acceptors (Lipinski definition) is 27. The number of nitrogens with zero attached hydrogens (tertiary/aromatic N) is 7. The second-order valence-corrected chi connectivity index (χ2v) is 32.0. The summed E-state index contributed by atoms with van der Waals surface area (Å²) in [6, 6.07) is 12.6. The van der Waals surface area contributed by atoms with Crippen molar-refractivity contribution in [1.82, 2.24) is 54.9 Å². The molecular weight excluding hydrogens is 1500 g/mol. The smallest absolute Gasteiger partial charge is 0.472 e. The van der Waals surface area contributed by atoms with Crippen LogP contribution >= 0.6 is 37.3 Å². The van der Waals surface area contributed by atoms with Gasteiger partial charge in [0.15, 0.2) is 47.1 Å². The van der Waals surface area contributed by atoms with Crippen LogP contribution in [0.4, 0.5) is 37.7 Å². The number of nitrogens with two attached hydrogens (primary N) is 1. The highest BCUT2D eigenvalue weighted by Gasteiger charge is 2.55. The second kappa shape index (κ2) is 37.3. The molecule has 0 bridgehead atoms. The number of nitrogen functional groups attached to an aromatic ring is 1. The van der Waals surface area contributed by atoms with Gasteiger partial charge < -0.3 is 55.6 Å². The van der Waals surface area contributed by atoms with E-state index in [2.05, 4.69) is 41.2 Å². The highest BCUT2D eigenvalue weighted by molar-refractivity contribution is 8.54. The Bertz CT molecular complexity index is 4300. The predicted octanol–water partition coefficient (Wildman–Crippen LogP) is 8.50. The number of hydrogen-bond donors (Lipinski definition) is 7. The molecule has 4 aliphatic heterocycles. The van der Waals surface area contributed by atoms with Gasteiger partial charge in [0.1, 0.15) is 54.4 Å². The number of benzene rings is 2. The number of aromatic nitrogens is 7. The molecule has 4 fully saturated rings. The minimum Gasteiger partial charge on any atom is -0.494 e. The highest BCUT2D eigenvalue weighted by atomic mass is 32.7. The predicted molar refractivity (Wildman–Crippen MR) is 373 cm³/mol. The second-order valence-electron chi connectivity index (χ2n) is 25.5. The Balaban J connectivity index is 0.605. The summed E-state index contributed by atoms with van der Waals surface area (Å²) in [4.78, 5) is 129. The first kappa shape index (κ1) is 81.4. The quantitative estimate of drug-likeness (QED) is 0.00507. The van der Waals surface area contributed by atoms with Crippen LogP contribution in [-0.2, 0) is 79.1 Å². The van der Waals surface area contributed by atoms with Crippen molar-refractivity contribution < 1.29 is 107 Å². The zero-order valence-corrected chi connectivity index (χ0v) is 61.2. The molecule has 10 rings (SSSR count). The molecule has 2 aromatic carbocycles. The van der Waals surface area contributed by atoms with Crippen LogP contribution in [0.2, 0.25) is 0 Å². The lowest BCUT2D eigenvalue weighted by atomic mass is 10.0. The van der Waals surface area contributed by atoms with E-state index in [0.29, 0.717) is 84.0 Å². The third-order valence-corrected chi connectivity index (χ3v) is 22.9. The van der Waals surface area contributed by atoms with Crippen LogP contribution in [0.1, 0.15) is 136 Å². The average molecular weight is 1580 g/mol. The van der Waals surface area contributed by atoms with Gasteiger partial charge in [-0.25, -0.2) is 52.2 Å². The van der Waals surface area contributed by atoms with Crippen molar-refractivity contribution in [2.45, 2.75) is 171 Å². The lowest BCUT2D eigenvalue weighted by Crippen LogP contribution is -2.49. The number of halogens is 5. The lowest BCUT2D eigenvalue weighted by molar-refractivity contribution is -0.142. The third kappa shape index (κ3) is 22.3. The van der Waals surface area contributed by atoms with Gasteiger partial charge in [-0.1, -0.05) is 82.3 Å². The lowest BCUT2D eigenvalue weighted by Gasteiger charge is -2.29. The number of likely N-dealkylation sites (tertiary alicyclic amines) is 1. The largest absolute Gasteiger partial charge is 0.494 e. The zero-order valence-electron chi connectivity index (χ0n) is 57.8. The number of fused-ring (bicyclic) bond motifs is 3. The number of thiazole rings is 1. The van der Waals surface area contributed by atoms with Gasteiger partial charge >= 0.3 is 38.5 Å². The Kier molecular flexibility index (Phi) is 28.4. The number of amides is 5. The normalized spacial score (nSPS) is 23.6. The SMILES string of the molecule is CC(C)[C@H](NCCCCCN1C(=O)CCC1=O)C(=O)NCC(=O)Nc1nc(C(F)(F)F)c(COC(=O)NCCCCCCCCCCOc2ccc(C(=O)Oc3ccc(CSP4(=O)OC[C@H]5O[C@@H](n6cnc7c(N)ncnc76)[C@H](F)[C@@H]5OP(=O)(O)OC[C@H]5O[C@@H](n6ccc(=O)[nH]c6=O)[C@H](F)[C@@H]5O4)cc3)cc2)s1. The van der Waals surface area contributed by atoms with Crippen molar-refractivity contribution in [1.29, 1.82) is 0 Å². The Hall–Kier alpha value is -8.14. The molecule has 11 atom stereocenters. The molecule has 4 saturated heterocycles. The molecule has 8 N–H and O–H groups in total. The van der Waals surface area contributed by atoms with E-state index in [1.54, 1.807) is 26.0 Å². The van der Waals surface area contributed by atoms with Gasteiger partial charge in [0, 0.05) is 43.9 Å². The Morgan fingerprint density at radius 2 is 1.42 bits per heavy atom. The van der Waals surface area contributed by atoms with E-state index in [9.17, 15) is 65.6 Å². The summed E-state index contributed by atoms with van der Waals surface area (Å²) in [6.45, 7) is -2.83. The molecule has 4 aromatic heterocycles. The maximum absolute atomic E-state index is 16.6. The van der Waals surface area contributed by atoms with Crippen LogP contribution in [-0.4, -0.2) is 168 Å². The van der Waals surface area contributed by atoms with Crippen LogP contribution < -0.4 is 47.7 Å². The number of aromatic amines is 1. The van der Waals surface area contributed by atoms with Gasteiger partial charge in [0.2, 0.25) is 23.6 Å². The number of esters is 1. The number of H-pyrrole nitrogens is 1. The number of imidazole rings is 1. The fourth-order valence-corrected chi connectivity index (χ4v) is 17.1. The van der Waals surface area contributed by atoms with Crippen molar-refractivity contribution in [3.05, 3.63) is 116 Å². The van der Waals surface area contributed by atoms with Crippen LogP contribution in [0.3, 0.4) is 0 Å². The minimum absolute atomic E-state index is 0.0261. The monoisotopic (exact) mass is 1580 g/mol. The number of imide groups is 1. The van der Waals surface area contributed by atoms with E-state index in [1.165, 1.54) is 41.3 Å². The Morgan fingerprint density at radius 3 is 2.10 bits per heavy atom. The summed E-state index contributed by atoms with van der Waals surface area (Å²) < 4.78 is 156. The number of carbonyl (C=O) groups is 6. The summed E-state index contributed by atoms with van der Waals surface area (Å²) in [5.41, 5.74) is 3.48. The maximum Gasteiger partial charge on any atom is 0.472 e. The van der Waals surface area contributed by atoms with Crippen molar-refractivity contribution in [2.75, 3.05) is 57.1 Å². The molecule has 8 heterocycles. The molecule has 582 valence electrons. The molecule has 0 aliphatic carbocycles. The van der Waals surface area contributed by atoms with Crippen LogP contribution in [0.25, 0.3) is 11.2 Å². The van der Waals surface area contributed by atoms with E-state index in [0.717, 1.165) is 74.4 Å². The summed E-state index contributed by atoms with van der Waals surface area (Å²) in [5.74, 6) is -2.10. The number of phosphoric acid groups is 1. The molecule has 5 amide bonds. The van der Waals surface area contributed by atoms with Gasteiger partial charge in [-0.15, -0.1) is 0 Å². The zero-order chi connectivity index (χ0) is 76.6. The topological polar surface area (TPSA) is 429 Å². The Morgan fingerprint density at radius 1 is 0.785 bits per heavy atom. The van der Waals surface area contributed by atoms with Crippen LogP contribution in [0, 0.1) is 5.92 Å². The number of carbonyl (C=O) groups excluding carboxylic acids is 6. The fraction of sp³-hybridized carbons (Fsp3) is 0.538. The standard InChI is InChI=1S/C65H80F5N13O20P2S2/c1-37(2)51(72-25-11-9-12-27-81-47(86)22-23-48(81)87)58(88)74-30-46(85)78-62-80-55(65(68,69)70)44(107-62)33-96-64(91)73-26-10-7-5-3-4-6-8-13-29-95-40-20-16-39(17-21-40)61(89)99-41-18-14-38(15-19-41)34-106-105(94)98-32-43-53(49(66)60(101-43)83-36-77-52-56(71)75-35-76-57(52)83)102-104(92,93)97-31-42-54(103-105)50(67)59(100-42)82-28-24-45(84)79-63(82)90/h14-21,24,28,35-37,42-43,49-51,53-54,59-60,72H,3-13,22-23,25-27,29-34H2,1-2H3,(H,73,91)(H,74,88)(H,92,93)(H2,71,75,76)(H,78,80,85)(H,79,84,90)/t42-,43-,49-,50-,51+,53-,54-,59-,60-,105?/m1/s1. The van der Waals surface area contributed by atoms with Gasteiger partial charge in [-0.2, -0.15) is 13.2 Å². The summed E-state index contributed by atoms with van der Waals surface area (Å²) in [7, 11) is -5.29. The third-order valence-electron chi connectivity index (χ3n) is 17.3. The molecule has 4 aliphatic rings. The van der Waals surface area contributed by atoms with Crippen molar-refractivity contribution in [3.8, 4) is 11.5 Å². The van der Waals surface area contributed by atoms with E-state index in [4.69, 9.17) is 47.5 Å².